The van der Waals surface area contributed by atoms with E-state index >= 15 is 0 Å². The van der Waals surface area contributed by atoms with E-state index in [0.717, 1.165) is 0 Å². The third-order valence-corrected chi connectivity index (χ3v) is 1.88. The van der Waals surface area contributed by atoms with Gasteiger partial charge in [-0.3, -0.25) is 0 Å². The molecule has 1 saturated heterocycles. The zero-order chi connectivity index (χ0) is 7.45. The SMILES string of the molecule is CNCC1(F)CCOCC1. The molecule has 0 bridgehead atoms. The Labute approximate surface area is 60.8 Å². The van der Waals surface area contributed by atoms with Gasteiger partial charge in [0.05, 0.1) is 0 Å². The lowest BCUT2D eigenvalue weighted by atomic mass is 9.97. The first-order valence-electron chi connectivity index (χ1n) is 3.68. The van der Waals surface area contributed by atoms with E-state index in [2.05, 4.69) is 5.32 Å². The number of hydrogen-bond acceptors (Lipinski definition) is 2. The van der Waals surface area contributed by atoms with Gasteiger partial charge in [-0.2, -0.15) is 0 Å². The van der Waals surface area contributed by atoms with Gasteiger partial charge in [-0.15, -0.1) is 0 Å². The molecular weight excluding hydrogens is 133 g/mol. The zero-order valence-corrected chi connectivity index (χ0v) is 6.32. The molecule has 0 spiro atoms. The van der Waals surface area contributed by atoms with Crippen LogP contribution >= 0.6 is 0 Å². The lowest BCUT2D eigenvalue weighted by Crippen LogP contribution is -2.40. The number of nitrogens with one attached hydrogen (secondary N) is 1. The Balaban J connectivity index is 2.32. The molecule has 60 valence electrons. The Morgan fingerprint density at radius 3 is 2.60 bits per heavy atom. The third kappa shape index (κ3) is 1.92. The van der Waals surface area contributed by atoms with E-state index in [9.17, 15) is 4.39 Å². The van der Waals surface area contributed by atoms with Crippen molar-refractivity contribution in [3.8, 4) is 0 Å². The minimum absolute atomic E-state index is 0.455. The largest absolute Gasteiger partial charge is 0.381 e. The topological polar surface area (TPSA) is 21.3 Å². The van der Waals surface area contributed by atoms with E-state index in [-0.39, 0.29) is 0 Å². The van der Waals surface area contributed by atoms with Crippen molar-refractivity contribution < 1.29 is 9.13 Å². The maximum absolute atomic E-state index is 13.4. The minimum Gasteiger partial charge on any atom is -0.381 e. The van der Waals surface area contributed by atoms with Crippen LogP contribution in [0.4, 0.5) is 4.39 Å². The van der Waals surface area contributed by atoms with Crippen molar-refractivity contribution in [1.82, 2.24) is 5.32 Å². The fourth-order valence-corrected chi connectivity index (χ4v) is 1.23. The van der Waals surface area contributed by atoms with Crippen molar-refractivity contribution in [2.45, 2.75) is 18.5 Å². The third-order valence-electron chi connectivity index (χ3n) is 1.88. The summed E-state index contributed by atoms with van der Waals surface area (Å²) in [5.41, 5.74) is -1.01. The summed E-state index contributed by atoms with van der Waals surface area (Å²) in [6, 6.07) is 0. The average Bonchev–Trinajstić information content (AvgIpc) is 1.89. The first-order chi connectivity index (χ1) is 4.77. The van der Waals surface area contributed by atoms with Gasteiger partial charge in [-0.1, -0.05) is 0 Å². The number of hydrogen-bond donors (Lipinski definition) is 1. The Morgan fingerprint density at radius 2 is 2.10 bits per heavy atom. The summed E-state index contributed by atoms with van der Waals surface area (Å²) in [4.78, 5) is 0. The second-order valence-electron chi connectivity index (χ2n) is 2.79. The van der Waals surface area contributed by atoms with Crippen molar-refractivity contribution in [3.05, 3.63) is 0 Å². The van der Waals surface area contributed by atoms with Crippen LogP contribution < -0.4 is 5.32 Å². The smallest absolute Gasteiger partial charge is 0.127 e. The van der Waals surface area contributed by atoms with Crippen molar-refractivity contribution >= 4 is 0 Å². The van der Waals surface area contributed by atoms with Crippen LogP contribution in [-0.2, 0) is 4.74 Å². The van der Waals surface area contributed by atoms with E-state index in [0.29, 0.717) is 32.6 Å². The normalized spacial score (nSPS) is 24.6. The molecule has 0 unspecified atom stereocenters. The van der Waals surface area contributed by atoms with Gasteiger partial charge in [0.2, 0.25) is 0 Å². The summed E-state index contributed by atoms with van der Waals surface area (Å²) in [5.74, 6) is 0. The molecule has 0 amide bonds. The van der Waals surface area contributed by atoms with Gasteiger partial charge in [0.1, 0.15) is 5.67 Å². The molecule has 1 aliphatic heterocycles. The molecule has 0 saturated carbocycles. The van der Waals surface area contributed by atoms with Crippen molar-refractivity contribution in [2.24, 2.45) is 0 Å². The predicted molar refractivity (Wildman–Crippen MR) is 37.8 cm³/mol. The van der Waals surface area contributed by atoms with Crippen molar-refractivity contribution in [1.29, 1.82) is 0 Å². The van der Waals surface area contributed by atoms with Gasteiger partial charge in [0.15, 0.2) is 0 Å². The Bertz CT molecular complexity index is 96.3. The average molecular weight is 147 g/mol. The predicted octanol–water partition coefficient (Wildman–Crippen LogP) is 0.724. The molecule has 2 nitrogen and oxygen atoms in total. The molecule has 1 N–H and O–H groups in total. The van der Waals surface area contributed by atoms with Crippen LogP contribution in [0.15, 0.2) is 0 Å². The number of rotatable bonds is 2. The summed E-state index contributed by atoms with van der Waals surface area (Å²) in [6.07, 6.45) is 1.07. The summed E-state index contributed by atoms with van der Waals surface area (Å²) >= 11 is 0. The van der Waals surface area contributed by atoms with Gasteiger partial charge >= 0.3 is 0 Å². The van der Waals surface area contributed by atoms with Crippen LogP contribution in [0.25, 0.3) is 0 Å². The summed E-state index contributed by atoms with van der Waals surface area (Å²) < 4.78 is 18.5. The standard InChI is InChI=1S/C7H14FNO/c1-9-6-7(8)2-4-10-5-3-7/h9H,2-6H2,1H3. The molecule has 0 radical (unpaired) electrons. The van der Waals surface area contributed by atoms with Crippen molar-refractivity contribution in [2.75, 3.05) is 26.8 Å². The molecular formula is C7H14FNO. The minimum atomic E-state index is -1.01. The van der Waals surface area contributed by atoms with Crippen LogP contribution in [0, 0.1) is 0 Å². The van der Waals surface area contributed by atoms with E-state index in [4.69, 9.17) is 4.74 Å². The quantitative estimate of drug-likeness (QED) is 0.621. The molecule has 0 atom stereocenters. The molecule has 1 rings (SSSR count). The monoisotopic (exact) mass is 147 g/mol. The molecule has 1 fully saturated rings. The van der Waals surface area contributed by atoms with Gasteiger partial charge in [-0.25, -0.2) is 4.39 Å². The molecule has 1 heterocycles. The van der Waals surface area contributed by atoms with Crippen LogP contribution in [0.5, 0.6) is 0 Å². The Kier molecular flexibility index (Phi) is 2.63. The lowest BCUT2D eigenvalue weighted by molar-refractivity contribution is -0.00684. The Hall–Kier alpha value is -0.150. The molecule has 0 aliphatic carbocycles. The van der Waals surface area contributed by atoms with Gasteiger partial charge < -0.3 is 10.1 Å². The van der Waals surface area contributed by atoms with Crippen LogP contribution in [0.3, 0.4) is 0 Å². The van der Waals surface area contributed by atoms with Gasteiger partial charge in [0.25, 0.3) is 0 Å². The fourth-order valence-electron chi connectivity index (χ4n) is 1.23. The highest BCUT2D eigenvalue weighted by atomic mass is 19.1. The first-order valence-corrected chi connectivity index (χ1v) is 3.68. The fraction of sp³-hybridized carbons (Fsp3) is 1.00. The molecule has 10 heavy (non-hydrogen) atoms. The first kappa shape index (κ1) is 7.95. The van der Waals surface area contributed by atoms with E-state index in [1.165, 1.54) is 0 Å². The number of halogens is 1. The highest BCUT2D eigenvalue weighted by Crippen LogP contribution is 2.23. The second kappa shape index (κ2) is 3.30. The zero-order valence-electron chi connectivity index (χ0n) is 6.32. The van der Waals surface area contributed by atoms with Gasteiger partial charge in [0, 0.05) is 32.6 Å². The van der Waals surface area contributed by atoms with Crippen molar-refractivity contribution in [3.63, 3.8) is 0 Å². The lowest BCUT2D eigenvalue weighted by Gasteiger charge is -2.28. The maximum atomic E-state index is 13.4. The molecule has 1 aliphatic rings. The summed E-state index contributed by atoms with van der Waals surface area (Å²) in [6.45, 7) is 1.59. The number of ether oxygens (including phenoxy) is 1. The van der Waals surface area contributed by atoms with E-state index in [1.54, 1.807) is 7.05 Å². The van der Waals surface area contributed by atoms with E-state index < -0.39 is 5.67 Å². The number of alkyl halides is 1. The van der Waals surface area contributed by atoms with Crippen LogP contribution in [0.2, 0.25) is 0 Å². The highest BCUT2D eigenvalue weighted by Gasteiger charge is 2.30. The summed E-state index contributed by atoms with van der Waals surface area (Å²) in [7, 11) is 1.77. The molecule has 3 heteroatoms. The maximum Gasteiger partial charge on any atom is 0.127 e. The van der Waals surface area contributed by atoms with Gasteiger partial charge in [-0.05, 0) is 7.05 Å². The molecule has 0 aromatic heterocycles. The summed E-state index contributed by atoms with van der Waals surface area (Å²) in [5, 5.41) is 2.85. The van der Waals surface area contributed by atoms with Crippen LogP contribution in [-0.4, -0.2) is 32.5 Å². The molecule has 0 aromatic carbocycles. The molecule has 0 aromatic rings. The second-order valence-corrected chi connectivity index (χ2v) is 2.79. The van der Waals surface area contributed by atoms with E-state index in [1.807, 2.05) is 0 Å². The highest BCUT2D eigenvalue weighted by molar-refractivity contribution is 4.83. The van der Waals surface area contributed by atoms with Crippen LogP contribution in [0.1, 0.15) is 12.8 Å². The Morgan fingerprint density at radius 1 is 1.50 bits per heavy atom.